The van der Waals surface area contributed by atoms with Gasteiger partial charge in [0, 0.05) is 11.3 Å². The van der Waals surface area contributed by atoms with E-state index in [4.69, 9.17) is 5.73 Å². The summed E-state index contributed by atoms with van der Waals surface area (Å²) in [5.74, 6) is 0.444. The van der Waals surface area contributed by atoms with E-state index in [1.807, 2.05) is 0 Å². The lowest BCUT2D eigenvalue weighted by Gasteiger charge is -2.09. The van der Waals surface area contributed by atoms with Crippen molar-refractivity contribution in [1.82, 2.24) is 0 Å². The van der Waals surface area contributed by atoms with Crippen LogP contribution in [0.25, 0.3) is 0 Å². The predicted octanol–water partition coefficient (Wildman–Crippen LogP) is 4.16. The molecule has 0 aliphatic heterocycles. The van der Waals surface area contributed by atoms with Crippen LogP contribution in [0.3, 0.4) is 0 Å². The first-order valence-electron chi connectivity index (χ1n) is 5.72. The first-order valence-corrected chi connectivity index (χ1v) is 7.33. The van der Waals surface area contributed by atoms with Gasteiger partial charge in [-0.05, 0) is 51.7 Å². The Morgan fingerprint density at radius 3 is 2.41 bits per heavy atom. The van der Waals surface area contributed by atoms with Gasteiger partial charge in [-0.1, -0.05) is 31.2 Å². The molecule has 1 aromatic heterocycles. The van der Waals surface area contributed by atoms with Crippen molar-refractivity contribution in [1.29, 1.82) is 0 Å². The van der Waals surface area contributed by atoms with E-state index in [0.29, 0.717) is 12.5 Å². The molecule has 1 unspecified atom stereocenters. The van der Waals surface area contributed by atoms with Crippen LogP contribution in [0.5, 0.6) is 0 Å². The summed E-state index contributed by atoms with van der Waals surface area (Å²) in [4.78, 5) is 1.39. The number of benzene rings is 1. The maximum atomic E-state index is 5.66. The van der Waals surface area contributed by atoms with Crippen LogP contribution < -0.4 is 5.73 Å². The van der Waals surface area contributed by atoms with Crippen LogP contribution in [0.2, 0.25) is 0 Å². The third-order valence-corrected chi connectivity index (χ3v) is 4.53. The molecule has 0 aliphatic carbocycles. The summed E-state index contributed by atoms with van der Waals surface area (Å²) in [7, 11) is 0. The number of thiophene rings is 1. The number of hydrogen-bond acceptors (Lipinski definition) is 2. The van der Waals surface area contributed by atoms with Gasteiger partial charge in [0.05, 0.1) is 3.79 Å². The van der Waals surface area contributed by atoms with E-state index < -0.39 is 0 Å². The van der Waals surface area contributed by atoms with Crippen LogP contribution in [0.1, 0.15) is 28.8 Å². The zero-order valence-corrected chi connectivity index (χ0v) is 12.2. The lowest BCUT2D eigenvalue weighted by atomic mass is 9.99. The van der Waals surface area contributed by atoms with Crippen molar-refractivity contribution in [3.05, 3.63) is 56.2 Å². The summed E-state index contributed by atoms with van der Waals surface area (Å²) in [5, 5.41) is 0. The lowest BCUT2D eigenvalue weighted by Crippen LogP contribution is -2.08. The van der Waals surface area contributed by atoms with Gasteiger partial charge in [-0.25, -0.2) is 0 Å². The van der Waals surface area contributed by atoms with Crippen molar-refractivity contribution in [2.75, 3.05) is 6.54 Å². The molecule has 0 spiro atoms. The van der Waals surface area contributed by atoms with E-state index in [1.54, 1.807) is 11.3 Å². The molecule has 0 aliphatic rings. The molecule has 0 saturated carbocycles. The third-order valence-electron chi connectivity index (χ3n) is 2.91. The molecule has 17 heavy (non-hydrogen) atoms. The monoisotopic (exact) mass is 309 g/mol. The summed E-state index contributed by atoms with van der Waals surface area (Å²) in [6.07, 6.45) is 1.01. The van der Waals surface area contributed by atoms with Gasteiger partial charge in [0.2, 0.25) is 0 Å². The Hall–Kier alpha value is -0.640. The van der Waals surface area contributed by atoms with E-state index in [2.05, 4.69) is 59.3 Å². The van der Waals surface area contributed by atoms with Gasteiger partial charge in [-0.15, -0.1) is 11.3 Å². The Kier molecular flexibility index (Phi) is 4.37. The van der Waals surface area contributed by atoms with Crippen molar-refractivity contribution in [2.24, 2.45) is 5.73 Å². The lowest BCUT2D eigenvalue weighted by molar-refractivity contribution is 0.773. The fourth-order valence-corrected chi connectivity index (χ4v) is 3.27. The van der Waals surface area contributed by atoms with Crippen molar-refractivity contribution >= 4 is 27.3 Å². The Labute approximate surface area is 115 Å². The normalized spacial score (nSPS) is 12.6. The highest BCUT2D eigenvalue weighted by molar-refractivity contribution is 9.11. The molecule has 1 atom stereocenters. The van der Waals surface area contributed by atoms with Crippen LogP contribution in [0, 0.1) is 0 Å². The van der Waals surface area contributed by atoms with Crippen molar-refractivity contribution in [3.63, 3.8) is 0 Å². The minimum absolute atomic E-state index is 0.444. The van der Waals surface area contributed by atoms with Gasteiger partial charge in [0.1, 0.15) is 0 Å². The van der Waals surface area contributed by atoms with E-state index in [1.165, 1.54) is 19.8 Å². The molecule has 1 aromatic carbocycles. The second-order valence-electron chi connectivity index (χ2n) is 4.26. The molecule has 0 saturated heterocycles. The van der Waals surface area contributed by atoms with Crippen molar-refractivity contribution in [2.45, 2.75) is 19.3 Å². The Morgan fingerprint density at radius 1 is 1.18 bits per heavy atom. The van der Waals surface area contributed by atoms with E-state index >= 15 is 0 Å². The average molecular weight is 310 g/mol. The molecule has 0 fully saturated rings. The van der Waals surface area contributed by atoms with E-state index in [0.717, 1.165) is 6.42 Å². The molecule has 0 radical (unpaired) electrons. The largest absolute Gasteiger partial charge is 0.330 e. The van der Waals surface area contributed by atoms with Gasteiger partial charge in [-0.2, -0.15) is 0 Å². The van der Waals surface area contributed by atoms with Crippen LogP contribution in [-0.2, 0) is 6.42 Å². The molecule has 0 bridgehead atoms. The van der Waals surface area contributed by atoms with Gasteiger partial charge in [-0.3, -0.25) is 0 Å². The second-order valence-corrected chi connectivity index (χ2v) is 6.81. The van der Waals surface area contributed by atoms with Crippen LogP contribution in [0.4, 0.5) is 0 Å². The van der Waals surface area contributed by atoms with Crippen LogP contribution in [-0.4, -0.2) is 6.54 Å². The Balaban J connectivity index is 2.08. The maximum Gasteiger partial charge on any atom is 0.0701 e. The van der Waals surface area contributed by atoms with Crippen LogP contribution in [0.15, 0.2) is 40.2 Å². The fourth-order valence-electron chi connectivity index (χ4n) is 1.75. The number of rotatable bonds is 4. The first kappa shape index (κ1) is 12.8. The highest BCUT2D eigenvalue weighted by Gasteiger charge is 2.04. The molecule has 0 amide bonds. The quantitative estimate of drug-likeness (QED) is 0.901. The highest BCUT2D eigenvalue weighted by atomic mass is 79.9. The molecule has 90 valence electrons. The summed E-state index contributed by atoms with van der Waals surface area (Å²) >= 11 is 5.28. The van der Waals surface area contributed by atoms with Gasteiger partial charge in [0.15, 0.2) is 0 Å². The molecule has 3 heteroatoms. The SMILES string of the molecule is CC(CN)c1ccc(Cc2ccc(Br)s2)cc1. The van der Waals surface area contributed by atoms with Gasteiger partial charge >= 0.3 is 0 Å². The molecular formula is C14H16BrNS. The number of hydrogen-bond donors (Lipinski definition) is 1. The van der Waals surface area contributed by atoms with Gasteiger partial charge < -0.3 is 5.73 Å². The Bertz CT molecular complexity index is 475. The van der Waals surface area contributed by atoms with Crippen LogP contribution >= 0.6 is 27.3 Å². The molecule has 1 heterocycles. The van der Waals surface area contributed by atoms with E-state index in [9.17, 15) is 0 Å². The van der Waals surface area contributed by atoms with Gasteiger partial charge in [0.25, 0.3) is 0 Å². The number of nitrogens with two attached hydrogens (primary N) is 1. The van der Waals surface area contributed by atoms with Crippen molar-refractivity contribution < 1.29 is 0 Å². The number of halogens is 1. The standard InChI is InChI=1S/C14H16BrNS/c1-10(9-16)12-4-2-11(3-5-12)8-13-6-7-14(15)17-13/h2-7,10H,8-9,16H2,1H3. The highest BCUT2D eigenvalue weighted by Crippen LogP contribution is 2.24. The predicted molar refractivity (Wildman–Crippen MR) is 78.7 cm³/mol. The minimum atomic E-state index is 0.444. The topological polar surface area (TPSA) is 26.0 Å². The van der Waals surface area contributed by atoms with E-state index in [-0.39, 0.29) is 0 Å². The first-order chi connectivity index (χ1) is 8.19. The minimum Gasteiger partial charge on any atom is -0.330 e. The Morgan fingerprint density at radius 2 is 1.88 bits per heavy atom. The molecule has 2 aromatic rings. The molecule has 1 nitrogen and oxygen atoms in total. The molecular weight excluding hydrogens is 294 g/mol. The average Bonchev–Trinajstić information content (AvgIpc) is 2.75. The van der Waals surface area contributed by atoms with Crippen molar-refractivity contribution in [3.8, 4) is 0 Å². The maximum absolute atomic E-state index is 5.66. The summed E-state index contributed by atoms with van der Waals surface area (Å²) in [6.45, 7) is 2.86. The molecule has 2 N–H and O–H groups in total. The summed E-state index contributed by atoms with van der Waals surface area (Å²) in [6, 6.07) is 13.1. The zero-order valence-electron chi connectivity index (χ0n) is 9.82. The molecule has 2 rings (SSSR count). The third kappa shape index (κ3) is 3.41. The summed E-state index contributed by atoms with van der Waals surface area (Å²) < 4.78 is 1.20. The zero-order chi connectivity index (χ0) is 12.3. The smallest absolute Gasteiger partial charge is 0.0701 e. The summed E-state index contributed by atoms with van der Waals surface area (Å²) in [5.41, 5.74) is 8.34. The second kappa shape index (κ2) is 5.80. The fraction of sp³-hybridized carbons (Fsp3) is 0.286.